The molecular formula is C11H15ClS2. The van der Waals surface area contributed by atoms with E-state index in [1.165, 1.54) is 21.9 Å². The van der Waals surface area contributed by atoms with Crippen molar-refractivity contribution in [3.63, 3.8) is 0 Å². The zero-order valence-electron chi connectivity index (χ0n) is 8.33. The molecular weight excluding hydrogens is 232 g/mol. The Balaban J connectivity index is 1.96. The lowest BCUT2D eigenvalue weighted by molar-refractivity contribution is 0.609. The number of thioether (sulfide) groups is 1. The van der Waals surface area contributed by atoms with E-state index in [-0.39, 0.29) is 0 Å². The molecule has 0 N–H and O–H groups in total. The van der Waals surface area contributed by atoms with Gasteiger partial charge in [-0.05, 0) is 36.6 Å². The summed E-state index contributed by atoms with van der Waals surface area (Å²) >= 11 is 10.2. The van der Waals surface area contributed by atoms with E-state index in [2.05, 4.69) is 19.1 Å². The SMILES string of the molecule is CCc1ccc(CC2CSCC2Cl)s1. The Morgan fingerprint density at radius 1 is 1.36 bits per heavy atom. The van der Waals surface area contributed by atoms with E-state index >= 15 is 0 Å². The van der Waals surface area contributed by atoms with E-state index in [1.54, 1.807) is 0 Å². The van der Waals surface area contributed by atoms with Gasteiger partial charge >= 0.3 is 0 Å². The van der Waals surface area contributed by atoms with Gasteiger partial charge in [0.25, 0.3) is 0 Å². The molecule has 2 atom stereocenters. The van der Waals surface area contributed by atoms with E-state index < -0.39 is 0 Å². The summed E-state index contributed by atoms with van der Waals surface area (Å²) < 4.78 is 0. The van der Waals surface area contributed by atoms with Gasteiger partial charge in [0.1, 0.15) is 0 Å². The Bertz CT molecular complexity index is 295. The molecule has 3 heteroatoms. The molecule has 14 heavy (non-hydrogen) atoms. The molecule has 2 unspecified atom stereocenters. The number of hydrogen-bond donors (Lipinski definition) is 0. The molecule has 0 bridgehead atoms. The first-order valence-electron chi connectivity index (χ1n) is 5.09. The molecule has 0 amide bonds. The molecule has 0 aliphatic carbocycles. The molecule has 1 fully saturated rings. The van der Waals surface area contributed by atoms with Crippen molar-refractivity contribution in [1.82, 2.24) is 0 Å². The number of rotatable bonds is 3. The topological polar surface area (TPSA) is 0 Å². The minimum absolute atomic E-state index is 0.396. The van der Waals surface area contributed by atoms with Gasteiger partial charge in [-0.1, -0.05) is 6.92 Å². The van der Waals surface area contributed by atoms with Crippen LogP contribution >= 0.6 is 34.7 Å². The molecule has 78 valence electrons. The Morgan fingerprint density at radius 3 is 2.71 bits per heavy atom. The van der Waals surface area contributed by atoms with E-state index in [9.17, 15) is 0 Å². The van der Waals surface area contributed by atoms with Gasteiger partial charge in [-0.25, -0.2) is 0 Å². The van der Waals surface area contributed by atoms with Gasteiger partial charge in [-0.2, -0.15) is 11.8 Å². The fraction of sp³-hybridized carbons (Fsp3) is 0.636. The van der Waals surface area contributed by atoms with Crippen molar-refractivity contribution in [2.75, 3.05) is 11.5 Å². The molecule has 0 radical (unpaired) electrons. The van der Waals surface area contributed by atoms with Crippen LogP contribution in [0.15, 0.2) is 12.1 Å². The maximum Gasteiger partial charge on any atom is 0.0466 e. The third-order valence-corrected chi connectivity index (χ3v) is 5.85. The van der Waals surface area contributed by atoms with Gasteiger partial charge in [0.15, 0.2) is 0 Å². The fourth-order valence-corrected chi connectivity index (χ4v) is 4.63. The van der Waals surface area contributed by atoms with Crippen molar-refractivity contribution >= 4 is 34.7 Å². The molecule has 1 aromatic rings. The highest BCUT2D eigenvalue weighted by Crippen LogP contribution is 2.32. The van der Waals surface area contributed by atoms with Crippen molar-refractivity contribution in [3.05, 3.63) is 21.9 Å². The summed E-state index contributed by atoms with van der Waals surface area (Å²) in [4.78, 5) is 3.01. The fourth-order valence-electron chi connectivity index (χ4n) is 1.74. The summed E-state index contributed by atoms with van der Waals surface area (Å²) in [6, 6.07) is 4.53. The second-order valence-electron chi connectivity index (χ2n) is 3.74. The van der Waals surface area contributed by atoms with Crippen LogP contribution in [-0.4, -0.2) is 16.9 Å². The molecule has 0 aromatic carbocycles. The average molecular weight is 247 g/mol. The highest BCUT2D eigenvalue weighted by molar-refractivity contribution is 7.99. The highest BCUT2D eigenvalue weighted by atomic mass is 35.5. The van der Waals surface area contributed by atoms with Crippen LogP contribution in [-0.2, 0) is 12.8 Å². The Hall–Kier alpha value is 0.340. The van der Waals surface area contributed by atoms with Crippen molar-refractivity contribution < 1.29 is 0 Å². The summed E-state index contributed by atoms with van der Waals surface area (Å²) in [6.45, 7) is 2.21. The van der Waals surface area contributed by atoms with Crippen molar-refractivity contribution in [1.29, 1.82) is 0 Å². The summed E-state index contributed by atoms with van der Waals surface area (Å²) in [6.07, 6.45) is 2.35. The van der Waals surface area contributed by atoms with Crippen LogP contribution in [0.4, 0.5) is 0 Å². The van der Waals surface area contributed by atoms with Gasteiger partial charge in [-0.3, -0.25) is 0 Å². The van der Waals surface area contributed by atoms with E-state index in [1.807, 2.05) is 23.1 Å². The smallest absolute Gasteiger partial charge is 0.0466 e. The summed E-state index contributed by atoms with van der Waals surface area (Å²) in [5, 5.41) is 0.396. The number of aryl methyl sites for hydroxylation is 1. The lowest BCUT2D eigenvalue weighted by Crippen LogP contribution is -2.13. The van der Waals surface area contributed by atoms with Crippen LogP contribution < -0.4 is 0 Å². The monoisotopic (exact) mass is 246 g/mol. The second-order valence-corrected chi connectivity index (χ2v) is 6.63. The Morgan fingerprint density at radius 2 is 2.14 bits per heavy atom. The minimum atomic E-state index is 0.396. The Labute approximate surface area is 99.0 Å². The summed E-state index contributed by atoms with van der Waals surface area (Å²) in [5.74, 6) is 3.08. The Kier molecular flexibility index (Phi) is 3.80. The van der Waals surface area contributed by atoms with Crippen molar-refractivity contribution in [2.24, 2.45) is 5.92 Å². The van der Waals surface area contributed by atoms with Gasteiger partial charge in [0.2, 0.25) is 0 Å². The molecule has 0 spiro atoms. The third-order valence-electron chi connectivity index (χ3n) is 2.65. The molecule has 0 nitrogen and oxygen atoms in total. The standard InChI is InChI=1S/C11H15ClS2/c1-2-9-3-4-10(14-9)5-8-6-13-7-11(8)12/h3-4,8,11H,2,5-7H2,1H3. The summed E-state index contributed by atoms with van der Waals surface area (Å²) in [7, 11) is 0. The van der Waals surface area contributed by atoms with Crippen LogP contribution in [0.5, 0.6) is 0 Å². The first-order valence-corrected chi connectivity index (χ1v) is 7.49. The van der Waals surface area contributed by atoms with Gasteiger partial charge in [-0.15, -0.1) is 22.9 Å². The van der Waals surface area contributed by atoms with Crippen LogP contribution in [0.2, 0.25) is 0 Å². The van der Waals surface area contributed by atoms with E-state index in [0.29, 0.717) is 11.3 Å². The van der Waals surface area contributed by atoms with Crippen LogP contribution in [0.3, 0.4) is 0 Å². The number of hydrogen-bond acceptors (Lipinski definition) is 2. The predicted molar refractivity (Wildman–Crippen MR) is 67.9 cm³/mol. The molecule has 2 rings (SSSR count). The van der Waals surface area contributed by atoms with Crippen LogP contribution in [0, 0.1) is 5.92 Å². The predicted octanol–water partition coefficient (Wildman–Crippen LogP) is 3.82. The highest BCUT2D eigenvalue weighted by Gasteiger charge is 2.26. The first kappa shape index (κ1) is 10.8. The zero-order chi connectivity index (χ0) is 9.97. The quantitative estimate of drug-likeness (QED) is 0.731. The van der Waals surface area contributed by atoms with Crippen LogP contribution in [0.1, 0.15) is 16.7 Å². The van der Waals surface area contributed by atoms with E-state index in [4.69, 9.17) is 11.6 Å². The average Bonchev–Trinajstić information content (AvgIpc) is 2.77. The largest absolute Gasteiger partial charge is 0.160 e. The molecule has 1 aromatic heterocycles. The second kappa shape index (κ2) is 4.91. The van der Waals surface area contributed by atoms with Gasteiger partial charge in [0.05, 0.1) is 0 Å². The number of thiophene rings is 1. The van der Waals surface area contributed by atoms with Gasteiger partial charge < -0.3 is 0 Å². The first-order chi connectivity index (χ1) is 6.79. The number of halogens is 1. The molecule has 0 saturated carbocycles. The maximum absolute atomic E-state index is 6.25. The number of alkyl halides is 1. The van der Waals surface area contributed by atoms with E-state index in [0.717, 1.165) is 12.2 Å². The molecule has 1 aliphatic heterocycles. The maximum atomic E-state index is 6.25. The molecule has 2 heterocycles. The molecule has 1 aliphatic rings. The lowest BCUT2D eigenvalue weighted by Gasteiger charge is -2.10. The zero-order valence-corrected chi connectivity index (χ0v) is 10.7. The van der Waals surface area contributed by atoms with Crippen molar-refractivity contribution in [2.45, 2.75) is 25.1 Å². The van der Waals surface area contributed by atoms with Gasteiger partial charge in [0, 0.05) is 20.9 Å². The lowest BCUT2D eigenvalue weighted by atomic mass is 10.0. The summed E-state index contributed by atoms with van der Waals surface area (Å²) in [5.41, 5.74) is 0. The third kappa shape index (κ3) is 2.47. The van der Waals surface area contributed by atoms with Crippen LogP contribution in [0.25, 0.3) is 0 Å². The molecule has 1 saturated heterocycles. The minimum Gasteiger partial charge on any atom is -0.160 e. The van der Waals surface area contributed by atoms with Crippen molar-refractivity contribution in [3.8, 4) is 0 Å². The normalized spacial score (nSPS) is 27.0.